The molecule has 0 spiro atoms. The van der Waals surface area contributed by atoms with Crippen molar-refractivity contribution in [2.45, 2.75) is 11.3 Å². The van der Waals surface area contributed by atoms with E-state index in [9.17, 15) is 23.3 Å². The topological polar surface area (TPSA) is 110 Å². The van der Waals surface area contributed by atoms with Crippen LogP contribution in [-0.4, -0.2) is 56.4 Å². The van der Waals surface area contributed by atoms with Gasteiger partial charge in [-0.25, -0.2) is 8.42 Å². The number of halogens is 1. The lowest BCUT2D eigenvalue weighted by atomic mass is 10.1. The van der Waals surface area contributed by atoms with Gasteiger partial charge >= 0.3 is 0 Å². The van der Waals surface area contributed by atoms with Gasteiger partial charge in [0.2, 0.25) is 10.0 Å². The Balaban J connectivity index is 1.69. The van der Waals surface area contributed by atoms with Gasteiger partial charge in [-0.15, -0.1) is 0 Å². The van der Waals surface area contributed by atoms with E-state index in [0.29, 0.717) is 31.9 Å². The summed E-state index contributed by atoms with van der Waals surface area (Å²) < 4.78 is 32.4. The molecule has 11 heteroatoms. The van der Waals surface area contributed by atoms with Crippen molar-refractivity contribution in [3.8, 4) is 0 Å². The Morgan fingerprint density at radius 3 is 2.53 bits per heavy atom. The Bertz CT molecular complexity index is 1130. The average Bonchev–Trinajstić information content (AvgIpc) is 3.17. The van der Waals surface area contributed by atoms with Gasteiger partial charge in [-0.3, -0.25) is 14.9 Å². The van der Waals surface area contributed by atoms with E-state index in [-0.39, 0.29) is 34.3 Å². The maximum Gasteiger partial charge on any atom is 0.271 e. The van der Waals surface area contributed by atoms with Crippen molar-refractivity contribution in [2.75, 3.05) is 37.7 Å². The Kier molecular flexibility index (Phi) is 5.49. The van der Waals surface area contributed by atoms with E-state index in [1.165, 1.54) is 39.5 Å². The van der Waals surface area contributed by atoms with Gasteiger partial charge in [0.15, 0.2) is 0 Å². The molecule has 1 saturated heterocycles. The fourth-order valence-electron chi connectivity index (χ4n) is 3.60. The second-order valence-corrected chi connectivity index (χ2v) is 9.28. The van der Waals surface area contributed by atoms with Crippen LogP contribution in [-0.2, 0) is 21.2 Å². The number of hydrogen-bond acceptors (Lipinski definition) is 6. The van der Waals surface area contributed by atoms with Crippen LogP contribution in [0.4, 0.5) is 11.4 Å². The van der Waals surface area contributed by atoms with Crippen molar-refractivity contribution in [3.05, 3.63) is 62.7 Å². The molecule has 0 N–H and O–H groups in total. The highest BCUT2D eigenvalue weighted by atomic mass is 35.5. The van der Waals surface area contributed by atoms with E-state index in [4.69, 9.17) is 16.3 Å². The zero-order chi connectivity index (χ0) is 21.5. The number of ether oxygens (including phenoxy) is 1. The highest BCUT2D eigenvalue weighted by Crippen LogP contribution is 2.34. The zero-order valence-electron chi connectivity index (χ0n) is 15.8. The zero-order valence-corrected chi connectivity index (χ0v) is 17.4. The van der Waals surface area contributed by atoms with Crippen LogP contribution in [0.15, 0.2) is 41.3 Å². The molecule has 1 amide bonds. The van der Waals surface area contributed by atoms with E-state index in [1.807, 2.05) is 0 Å². The van der Waals surface area contributed by atoms with E-state index in [1.54, 1.807) is 6.07 Å². The first kappa shape index (κ1) is 20.7. The van der Waals surface area contributed by atoms with Crippen LogP contribution in [0.25, 0.3) is 0 Å². The molecule has 2 aliphatic rings. The standard InChI is InChI=1S/C19H18ClN3O6S/c20-17-4-3-15(30(27,28)21-7-9-29-10-8-21)12-16(17)19(24)22-6-5-13-1-2-14(23(25)26)11-18(13)22/h1-4,11-12H,5-10H2. The summed E-state index contributed by atoms with van der Waals surface area (Å²) in [5.74, 6) is -0.502. The predicted octanol–water partition coefficient (Wildman–Crippen LogP) is 2.47. The SMILES string of the molecule is O=C(c1cc(S(=O)(=O)N2CCOCC2)ccc1Cl)N1CCc2ccc([N+](=O)[O-])cc21. The Morgan fingerprint density at radius 1 is 1.10 bits per heavy atom. The van der Waals surface area contributed by atoms with Gasteiger partial charge in [-0.1, -0.05) is 17.7 Å². The molecule has 30 heavy (non-hydrogen) atoms. The third-order valence-corrected chi connectivity index (χ3v) is 7.42. The van der Waals surface area contributed by atoms with Crippen LogP contribution >= 0.6 is 11.6 Å². The Morgan fingerprint density at radius 2 is 1.83 bits per heavy atom. The molecule has 9 nitrogen and oxygen atoms in total. The van der Waals surface area contributed by atoms with Crippen molar-refractivity contribution < 1.29 is 22.9 Å². The molecule has 2 aromatic rings. The van der Waals surface area contributed by atoms with Crippen molar-refractivity contribution >= 4 is 38.9 Å². The molecule has 158 valence electrons. The number of benzene rings is 2. The number of anilines is 1. The maximum absolute atomic E-state index is 13.2. The summed E-state index contributed by atoms with van der Waals surface area (Å²) in [7, 11) is -3.80. The molecule has 0 aliphatic carbocycles. The fraction of sp³-hybridized carbons (Fsp3) is 0.316. The number of nitro benzene ring substituents is 1. The summed E-state index contributed by atoms with van der Waals surface area (Å²) in [6, 6.07) is 8.39. The largest absolute Gasteiger partial charge is 0.379 e. The minimum Gasteiger partial charge on any atom is -0.379 e. The van der Waals surface area contributed by atoms with Gasteiger partial charge in [0.25, 0.3) is 11.6 Å². The van der Waals surface area contributed by atoms with Crippen LogP contribution in [0, 0.1) is 10.1 Å². The second kappa shape index (κ2) is 7.95. The molecule has 4 rings (SSSR count). The lowest BCUT2D eigenvalue weighted by molar-refractivity contribution is -0.384. The summed E-state index contributed by atoms with van der Waals surface area (Å²) in [6.07, 6.45) is 0.544. The maximum atomic E-state index is 13.2. The van der Waals surface area contributed by atoms with E-state index in [2.05, 4.69) is 0 Å². The molecular formula is C19H18ClN3O6S. The molecule has 2 heterocycles. The van der Waals surface area contributed by atoms with Gasteiger partial charge in [0, 0.05) is 31.8 Å². The summed E-state index contributed by atoms with van der Waals surface area (Å²) >= 11 is 6.23. The number of hydrogen-bond donors (Lipinski definition) is 0. The van der Waals surface area contributed by atoms with Gasteiger partial charge in [0.1, 0.15) is 0 Å². The fourth-order valence-corrected chi connectivity index (χ4v) is 5.24. The number of sulfonamides is 1. The molecule has 0 radical (unpaired) electrons. The van der Waals surface area contributed by atoms with Gasteiger partial charge in [0.05, 0.1) is 39.3 Å². The molecule has 2 aliphatic heterocycles. The van der Waals surface area contributed by atoms with Crippen LogP contribution in [0.2, 0.25) is 5.02 Å². The van der Waals surface area contributed by atoms with Crippen LogP contribution in [0.1, 0.15) is 15.9 Å². The second-order valence-electron chi connectivity index (χ2n) is 6.94. The number of nitrogens with zero attached hydrogens (tertiary/aromatic N) is 3. The number of carbonyl (C=O) groups is 1. The third-order valence-electron chi connectivity index (χ3n) is 5.20. The first-order chi connectivity index (χ1) is 14.3. The number of rotatable bonds is 4. The molecule has 0 bridgehead atoms. The number of fused-ring (bicyclic) bond motifs is 1. The monoisotopic (exact) mass is 451 g/mol. The van der Waals surface area contributed by atoms with E-state index < -0.39 is 20.9 Å². The first-order valence-corrected chi connectivity index (χ1v) is 11.1. The number of amides is 1. The molecule has 0 unspecified atom stereocenters. The Hall–Kier alpha value is -2.53. The Labute approximate surface area is 178 Å². The molecule has 1 fully saturated rings. The minimum atomic E-state index is -3.80. The number of nitro groups is 1. The molecule has 0 aromatic heterocycles. The van der Waals surface area contributed by atoms with Crippen LogP contribution in [0.3, 0.4) is 0 Å². The van der Waals surface area contributed by atoms with E-state index in [0.717, 1.165) is 5.56 Å². The number of non-ortho nitro benzene ring substituents is 1. The van der Waals surface area contributed by atoms with Crippen molar-refractivity contribution in [1.29, 1.82) is 0 Å². The van der Waals surface area contributed by atoms with Crippen LogP contribution in [0.5, 0.6) is 0 Å². The first-order valence-electron chi connectivity index (χ1n) is 9.25. The normalized spacial score (nSPS) is 17.0. The smallest absolute Gasteiger partial charge is 0.271 e. The highest BCUT2D eigenvalue weighted by molar-refractivity contribution is 7.89. The predicted molar refractivity (Wildman–Crippen MR) is 110 cm³/mol. The van der Waals surface area contributed by atoms with Crippen LogP contribution < -0.4 is 4.90 Å². The van der Waals surface area contributed by atoms with Gasteiger partial charge in [-0.05, 0) is 30.2 Å². The number of morpholine rings is 1. The summed E-state index contributed by atoms with van der Waals surface area (Å²) in [5, 5.41) is 11.2. The number of carbonyl (C=O) groups excluding carboxylic acids is 1. The van der Waals surface area contributed by atoms with E-state index >= 15 is 0 Å². The average molecular weight is 452 g/mol. The molecule has 2 aromatic carbocycles. The van der Waals surface area contributed by atoms with Crippen molar-refractivity contribution in [2.24, 2.45) is 0 Å². The van der Waals surface area contributed by atoms with Gasteiger partial charge in [-0.2, -0.15) is 4.31 Å². The summed E-state index contributed by atoms with van der Waals surface area (Å²) in [6.45, 7) is 1.41. The highest BCUT2D eigenvalue weighted by Gasteiger charge is 2.31. The molecular weight excluding hydrogens is 434 g/mol. The minimum absolute atomic E-state index is 0.0318. The van der Waals surface area contributed by atoms with Gasteiger partial charge < -0.3 is 9.64 Å². The quantitative estimate of drug-likeness (QED) is 0.521. The molecule has 0 saturated carbocycles. The summed E-state index contributed by atoms with van der Waals surface area (Å²) in [5.41, 5.74) is 1.16. The van der Waals surface area contributed by atoms with Crippen molar-refractivity contribution in [1.82, 2.24) is 4.31 Å². The third kappa shape index (κ3) is 3.67. The lowest BCUT2D eigenvalue weighted by Gasteiger charge is -2.26. The van der Waals surface area contributed by atoms with Crippen molar-refractivity contribution in [3.63, 3.8) is 0 Å². The molecule has 0 atom stereocenters. The summed E-state index contributed by atoms with van der Waals surface area (Å²) in [4.78, 5) is 25.2. The lowest BCUT2D eigenvalue weighted by Crippen LogP contribution is -2.40.